The molecule has 0 aliphatic carbocycles. The molecule has 0 atom stereocenters. The van der Waals surface area contributed by atoms with Crippen molar-refractivity contribution in [1.29, 1.82) is 0 Å². The van der Waals surface area contributed by atoms with E-state index in [-0.39, 0.29) is 5.69 Å². The van der Waals surface area contributed by atoms with E-state index in [1.165, 1.54) is 35.6 Å². The minimum absolute atomic E-state index is 0.0101. The van der Waals surface area contributed by atoms with Gasteiger partial charge in [0, 0.05) is 17.7 Å². The van der Waals surface area contributed by atoms with Gasteiger partial charge in [-0.25, -0.2) is 4.98 Å². The zero-order valence-electron chi connectivity index (χ0n) is 11.8. The fraction of sp³-hybridized carbons (Fsp3) is 0. The number of hydrogen-bond donors (Lipinski definition) is 1. The number of thiazole rings is 1. The Kier molecular flexibility index (Phi) is 4.07. The van der Waals surface area contributed by atoms with Crippen LogP contribution in [0.2, 0.25) is 0 Å². The van der Waals surface area contributed by atoms with Crippen LogP contribution in [0.25, 0.3) is 11.3 Å². The van der Waals surface area contributed by atoms with E-state index in [2.05, 4.69) is 15.2 Å². The number of nitrogens with zero attached hydrogens (tertiary/aromatic N) is 4. The Morgan fingerprint density at radius 3 is 2.39 bits per heavy atom. The molecule has 2 N–H and O–H groups in total. The molecule has 2 aromatic carbocycles. The van der Waals surface area contributed by atoms with E-state index in [1.54, 1.807) is 0 Å². The number of azo groups is 1. The molecule has 1 aromatic heterocycles. The highest BCUT2D eigenvalue weighted by molar-refractivity contribution is 7.19. The fourth-order valence-corrected chi connectivity index (χ4v) is 2.60. The number of aromatic nitrogens is 1. The first-order valence-corrected chi connectivity index (χ1v) is 7.43. The van der Waals surface area contributed by atoms with Gasteiger partial charge in [0.05, 0.1) is 10.6 Å². The zero-order chi connectivity index (χ0) is 16.2. The predicted molar refractivity (Wildman–Crippen MR) is 89.2 cm³/mol. The standard InChI is InChI=1S/C15H11N5O2S/c16-15-17-13(10-4-2-1-3-5-10)14(23-15)19-18-11-6-8-12(9-7-11)20(21)22/h1-9H,(H2,16,17). The molecular weight excluding hydrogens is 314 g/mol. The van der Waals surface area contributed by atoms with E-state index in [0.717, 1.165) is 5.56 Å². The van der Waals surface area contributed by atoms with Gasteiger partial charge in [-0.3, -0.25) is 10.1 Å². The highest BCUT2D eigenvalue weighted by Gasteiger charge is 2.11. The summed E-state index contributed by atoms with van der Waals surface area (Å²) in [4.78, 5) is 14.5. The van der Waals surface area contributed by atoms with Crippen LogP contribution in [0.4, 0.5) is 21.5 Å². The molecule has 0 aliphatic rings. The Hall–Kier alpha value is -3.13. The highest BCUT2D eigenvalue weighted by Crippen LogP contribution is 2.37. The summed E-state index contributed by atoms with van der Waals surface area (Å²) in [5.41, 5.74) is 7.86. The van der Waals surface area contributed by atoms with Crippen LogP contribution < -0.4 is 5.73 Å². The zero-order valence-corrected chi connectivity index (χ0v) is 12.6. The molecule has 0 unspecified atom stereocenters. The second-order valence-corrected chi connectivity index (χ2v) is 5.55. The molecule has 7 nitrogen and oxygen atoms in total. The molecule has 0 bridgehead atoms. The number of nitro groups is 1. The average molecular weight is 325 g/mol. The summed E-state index contributed by atoms with van der Waals surface area (Å²) in [5, 5.41) is 19.9. The molecule has 1 heterocycles. The van der Waals surface area contributed by atoms with Gasteiger partial charge < -0.3 is 5.73 Å². The SMILES string of the molecule is Nc1nc(-c2ccccc2)c(N=Nc2ccc([N+](=O)[O-])cc2)s1. The van der Waals surface area contributed by atoms with Crippen LogP contribution in [-0.4, -0.2) is 9.91 Å². The van der Waals surface area contributed by atoms with E-state index < -0.39 is 4.92 Å². The highest BCUT2D eigenvalue weighted by atomic mass is 32.1. The second kappa shape index (κ2) is 6.32. The normalized spacial score (nSPS) is 11.0. The van der Waals surface area contributed by atoms with Gasteiger partial charge in [-0.2, -0.15) is 0 Å². The molecule has 3 rings (SSSR count). The lowest BCUT2D eigenvalue weighted by Crippen LogP contribution is -1.85. The number of nitrogens with two attached hydrogens (primary N) is 1. The van der Waals surface area contributed by atoms with Gasteiger partial charge in [-0.05, 0) is 12.1 Å². The lowest BCUT2D eigenvalue weighted by molar-refractivity contribution is -0.384. The van der Waals surface area contributed by atoms with Crippen molar-refractivity contribution in [1.82, 2.24) is 4.98 Å². The van der Waals surface area contributed by atoms with Gasteiger partial charge in [0.25, 0.3) is 5.69 Å². The smallest absolute Gasteiger partial charge is 0.269 e. The number of benzene rings is 2. The third-order valence-corrected chi connectivity index (χ3v) is 3.76. The first-order valence-electron chi connectivity index (χ1n) is 6.61. The summed E-state index contributed by atoms with van der Waals surface area (Å²) in [6.45, 7) is 0. The molecule has 0 radical (unpaired) electrons. The van der Waals surface area contributed by atoms with Gasteiger partial charge >= 0.3 is 0 Å². The van der Waals surface area contributed by atoms with Crippen LogP contribution in [-0.2, 0) is 0 Å². The van der Waals surface area contributed by atoms with Crippen molar-refractivity contribution in [3.63, 3.8) is 0 Å². The summed E-state index contributed by atoms with van der Waals surface area (Å²) >= 11 is 1.23. The van der Waals surface area contributed by atoms with Crippen LogP contribution in [0.5, 0.6) is 0 Å². The third-order valence-electron chi connectivity index (χ3n) is 2.99. The summed E-state index contributed by atoms with van der Waals surface area (Å²) < 4.78 is 0. The molecule has 3 aromatic rings. The van der Waals surface area contributed by atoms with Crippen LogP contribution in [0.15, 0.2) is 64.8 Å². The minimum Gasteiger partial charge on any atom is -0.375 e. The van der Waals surface area contributed by atoms with Gasteiger partial charge in [-0.1, -0.05) is 41.7 Å². The maximum Gasteiger partial charge on any atom is 0.269 e. The number of anilines is 1. The molecule has 0 amide bonds. The molecule has 23 heavy (non-hydrogen) atoms. The summed E-state index contributed by atoms with van der Waals surface area (Å²) in [5.74, 6) is 0. The Balaban J connectivity index is 1.89. The number of nitro benzene ring substituents is 1. The van der Waals surface area contributed by atoms with E-state index in [4.69, 9.17) is 5.73 Å². The van der Waals surface area contributed by atoms with Gasteiger partial charge in [0.15, 0.2) is 10.1 Å². The number of hydrogen-bond acceptors (Lipinski definition) is 7. The van der Waals surface area contributed by atoms with Crippen molar-refractivity contribution in [2.45, 2.75) is 0 Å². The van der Waals surface area contributed by atoms with Crippen molar-refractivity contribution in [2.75, 3.05) is 5.73 Å². The Morgan fingerprint density at radius 2 is 1.74 bits per heavy atom. The van der Waals surface area contributed by atoms with Crippen molar-refractivity contribution in [2.24, 2.45) is 10.2 Å². The molecule has 0 fully saturated rings. The maximum atomic E-state index is 10.6. The average Bonchev–Trinajstić information content (AvgIpc) is 2.95. The van der Waals surface area contributed by atoms with E-state index in [9.17, 15) is 10.1 Å². The second-order valence-electron chi connectivity index (χ2n) is 4.55. The Bertz CT molecular complexity index is 859. The maximum absolute atomic E-state index is 10.6. The molecule has 0 saturated carbocycles. The minimum atomic E-state index is -0.460. The first kappa shape index (κ1) is 14.8. The van der Waals surface area contributed by atoms with Gasteiger partial charge in [0.2, 0.25) is 0 Å². The van der Waals surface area contributed by atoms with Crippen molar-refractivity contribution in [3.05, 3.63) is 64.7 Å². The summed E-state index contributed by atoms with van der Waals surface area (Å²) in [6.07, 6.45) is 0. The fourth-order valence-electron chi connectivity index (χ4n) is 1.92. The number of non-ortho nitro benzene ring substituents is 1. The largest absolute Gasteiger partial charge is 0.375 e. The van der Waals surface area contributed by atoms with Gasteiger partial charge in [0.1, 0.15) is 5.69 Å². The lowest BCUT2D eigenvalue weighted by Gasteiger charge is -1.97. The van der Waals surface area contributed by atoms with E-state index in [0.29, 0.717) is 21.5 Å². The van der Waals surface area contributed by atoms with Crippen molar-refractivity contribution >= 4 is 32.8 Å². The topological polar surface area (TPSA) is 107 Å². The number of rotatable bonds is 4. The quantitative estimate of drug-likeness (QED) is 0.425. The Morgan fingerprint density at radius 1 is 1.04 bits per heavy atom. The molecule has 114 valence electrons. The van der Waals surface area contributed by atoms with Crippen LogP contribution >= 0.6 is 11.3 Å². The third kappa shape index (κ3) is 3.38. The monoisotopic (exact) mass is 325 g/mol. The van der Waals surface area contributed by atoms with Gasteiger partial charge in [-0.15, -0.1) is 10.2 Å². The number of nitrogen functional groups attached to an aromatic ring is 1. The predicted octanol–water partition coefficient (Wildman–Crippen LogP) is 4.72. The van der Waals surface area contributed by atoms with Crippen molar-refractivity contribution in [3.8, 4) is 11.3 Å². The molecule has 0 spiro atoms. The lowest BCUT2D eigenvalue weighted by atomic mass is 10.2. The molecule has 0 saturated heterocycles. The summed E-state index contributed by atoms with van der Waals surface area (Å²) in [6, 6.07) is 15.4. The van der Waals surface area contributed by atoms with Crippen LogP contribution in [0.1, 0.15) is 0 Å². The first-order chi connectivity index (χ1) is 11.1. The molecule has 8 heteroatoms. The van der Waals surface area contributed by atoms with E-state index in [1.807, 2.05) is 30.3 Å². The molecular formula is C15H11N5O2S. The molecule has 0 aliphatic heterocycles. The Labute approximate surface area is 135 Å². The van der Waals surface area contributed by atoms with E-state index >= 15 is 0 Å². The van der Waals surface area contributed by atoms with Crippen molar-refractivity contribution < 1.29 is 4.92 Å². The summed E-state index contributed by atoms with van der Waals surface area (Å²) in [7, 11) is 0. The van der Waals surface area contributed by atoms with Crippen LogP contribution in [0, 0.1) is 10.1 Å². The van der Waals surface area contributed by atoms with Crippen LogP contribution in [0.3, 0.4) is 0 Å².